The quantitative estimate of drug-likeness (QED) is 0.838. The Bertz CT molecular complexity index is 280. The number of nitrogens with one attached hydrogen (secondary N) is 1. The van der Waals surface area contributed by atoms with Crippen molar-refractivity contribution in [2.24, 2.45) is 5.41 Å². The van der Waals surface area contributed by atoms with Gasteiger partial charge in [0.15, 0.2) is 0 Å². The molecule has 0 radical (unpaired) electrons. The second-order valence-electron chi connectivity index (χ2n) is 7.37. The number of likely N-dealkylation sites (tertiary alicyclic amines) is 2. The lowest BCUT2D eigenvalue weighted by molar-refractivity contribution is 0.119. The number of hydrogen-bond acceptors (Lipinski definition) is 3. The molecule has 0 aliphatic carbocycles. The second kappa shape index (κ2) is 6.11. The maximum atomic E-state index is 3.55. The molecule has 0 amide bonds. The summed E-state index contributed by atoms with van der Waals surface area (Å²) in [6.45, 7) is 11.6. The molecule has 3 saturated heterocycles. The summed E-state index contributed by atoms with van der Waals surface area (Å²) < 4.78 is 0. The van der Waals surface area contributed by atoms with Gasteiger partial charge < -0.3 is 10.2 Å². The largest absolute Gasteiger partial charge is 0.316 e. The molecule has 3 aliphatic rings. The van der Waals surface area contributed by atoms with Gasteiger partial charge in [-0.1, -0.05) is 13.3 Å². The topological polar surface area (TPSA) is 18.5 Å². The summed E-state index contributed by atoms with van der Waals surface area (Å²) in [5, 5.41) is 3.55. The van der Waals surface area contributed by atoms with Gasteiger partial charge >= 0.3 is 0 Å². The standard InChI is InChI=1S/C16H31N3/c1-16(7-8-17-13-16)14-19-11-5-6-15(19)12-18-9-3-2-4-10-18/h15,17H,2-14H2,1H3. The van der Waals surface area contributed by atoms with Crippen LogP contribution >= 0.6 is 0 Å². The van der Waals surface area contributed by atoms with E-state index in [1.165, 1.54) is 84.3 Å². The van der Waals surface area contributed by atoms with Crippen molar-refractivity contribution in [2.45, 2.75) is 51.5 Å². The Balaban J connectivity index is 1.52. The van der Waals surface area contributed by atoms with E-state index >= 15 is 0 Å². The monoisotopic (exact) mass is 265 g/mol. The van der Waals surface area contributed by atoms with Crippen molar-refractivity contribution < 1.29 is 0 Å². The van der Waals surface area contributed by atoms with Gasteiger partial charge in [-0.25, -0.2) is 0 Å². The average molecular weight is 265 g/mol. The van der Waals surface area contributed by atoms with E-state index < -0.39 is 0 Å². The van der Waals surface area contributed by atoms with Crippen molar-refractivity contribution in [3.63, 3.8) is 0 Å². The summed E-state index contributed by atoms with van der Waals surface area (Å²) in [7, 11) is 0. The fourth-order valence-corrected chi connectivity index (χ4v) is 4.24. The van der Waals surface area contributed by atoms with E-state index in [4.69, 9.17) is 0 Å². The van der Waals surface area contributed by atoms with Crippen molar-refractivity contribution in [2.75, 3.05) is 45.8 Å². The summed E-state index contributed by atoms with van der Waals surface area (Å²) >= 11 is 0. The Kier molecular flexibility index (Phi) is 4.45. The van der Waals surface area contributed by atoms with Gasteiger partial charge in [0.05, 0.1) is 0 Å². The first-order valence-corrected chi connectivity index (χ1v) is 8.42. The van der Waals surface area contributed by atoms with Gasteiger partial charge in [0.1, 0.15) is 0 Å². The Hall–Kier alpha value is -0.120. The molecule has 3 heteroatoms. The zero-order valence-electron chi connectivity index (χ0n) is 12.7. The third-order valence-corrected chi connectivity index (χ3v) is 5.46. The van der Waals surface area contributed by atoms with Crippen molar-refractivity contribution in [1.82, 2.24) is 15.1 Å². The van der Waals surface area contributed by atoms with Crippen LogP contribution in [0.4, 0.5) is 0 Å². The normalized spacial score (nSPS) is 38.1. The molecule has 110 valence electrons. The molecule has 2 atom stereocenters. The fraction of sp³-hybridized carbons (Fsp3) is 1.00. The third-order valence-electron chi connectivity index (χ3n) is 5.46. The van der Waals surface area contributed by atoms with Gasteiger partial charge in [-0.3, -0.25) is 4.90 Å². The van der Waals surface area contributed by atoms with E-state index in [9.17, 15) is 0 Å². The summed E-state index contributed by atoms with van der Waals surface area (Å²) in [6, 6.07) is 0.843. The highest BCUT2D eigenvalue weighted by Crippen LogP contribution is 2.30. The van der Waals surface area contributed by atoms with E-state index in [0.29, 0.717) is 5.41 Å². The average Bonchev–Trinajstić information content (AvgIpc) is 3.02. The van der Waals surface area contributed by atoms with Gasteiger partial charge in [0, 0.05) is 25.7 Å². The Labute approximate surface area is 118 Å². The molecule has 0 aromatic heterocycles. The molecular weight excluding hydrogens is 234 g/mol. The SMILES string of the molecule is CC1(CN2CCCC2CN2CCCCC2)CCNC1. The fourth-order valence-electron chi connectivity index (χ4n) is 4.24. The van der Waals surface area contributed by atoms with Crippen LogP contribution in [0, 0.1) is 5.41 Å². The van der Waals surface area contributed by atoms with Crippen molar-refractivity contribution in [3.8, 4) is 0 Å². The lowest BCUT2D eigenvalue weighted by Crippen LogP contribution is -2.46. The molecule has 0 aromatic carbocycles. The first-order chi connectivity index (χ1) is 9.25. The Morgan fingerprint density at radius 2 is 1.95 bits per heavy atom. The number of nitrogens with zero attached hydrogens (tertiary/aromatic N) is 2. The zero-order chi connectivity index (χ0) is 13.1. The lowest BCUT2D eigenvalue weighted by atomic mass is 9.89. The third kappa shape index (κ3) is 3.50. The van der Waals surface area contributed by atoms with E-state index in [1.807, 2.05) is 0 Å². The first-order valence-electron chi connectivity index (χ1n) is 8.42. The summed E-state index contributed by atoms with van der Waals surface area (Å²) in [4.78, 5) is 5.53. The molecule has 3 fully saturated rings. The molecule has 2 unspecified atom stereocenters. The molecule has 19 heavy (non-hydrogen) atoms. The van der Waals surface area contributed by atoms with Crippen LogP contribution in [0.2, 0.25) is 0 Å². The van der Waals surface area contributed by atoms with Crippen molar-refractivity contribution in [3.05, 3.63) is 0 Å². The Morgan fingerprint density at radius 1 is 1.11 bits per heavy atom. The van der Waals surface area contributed by atoms with Gasteiger partial charge in [0.25, 0.3) is 0 Å². The minimum Gasteiger partial charge on any atom is -0.316 e. The van der Waals surface area contributed by atoms with Crippen LogP contribution in [-0.2, 0) is 0 Å². The van der Waals surface area contributed by atoms with Crippen molar-refractivity contribution in [1.29, 1.82) is 0 Å². The number of rotatable bonds is 4. The first kappa shape index (κ1) is 13.8. The van der Waals surface area contributed by atoms with E-state index in [0.717, 1.165) is 6.04 Å². The van der Waals surface area contributed by atoms with Crippen LogP contribution in [0.15, 0.2) is 0 Å². The predicted molar refractivity (Wildman–Crippen MR) is 80.5 cm³/mol. The molecule has 0 saturated carbocycles. The van der Waals surface area contributed by atoms with Crippen LogP contribution < -0.4 is 5.32 Å². The van der Waals surface area contributed by atoms with Crippen LogP contribution in [0.25, 0.3) is 0 Å². The number of piperidine rings is 1. The molecular formula is C16H31N3. The zero-order valence-corrected chi connectivity index (χ0v) is 12.7. The van der Waals surface area contributed by atoms with Crippen LogP contribution in [-0.4, -0.2) is 61.7 Å². The summed E-state index contributed by atoms with van der Waals surface area (Å²) in [6.07, 6.45) is 8.51. The van der Waals surface area contributed by atoms with Crippen LogP contribution in [0.3, 0.4) is 0 Å². The number of hydrogen-bond donors (Lipinski definition) is 1. The smallest absolute Gasteiger partial charge is 0.0223 e. The van der Waals surface area contributed by atoms with Gasteiger partial charge in [-0.05, 0) is 63.7 Å². The highest BCUT2D eigenvalue weighted by atomic mass is 15.2. The molecule has 0 spiro atoms. The lowest BCUT2D eigenvalue weighted by Gasteiger charge is -2.36. The molecule has 3 nitrogen and oxygen atoms in total. The summed E-state index contributed by atoms with van der Waals surface area (Å²) in [5.41, 5.74) is 0.532. The molecule has 3 rings (SSSR count). The highest BCUT2D eigenvalue weighted by Gasteiger charge is 2.35. The van der Waals surface area contributed by atoms with E-state index in [1.54, 1.807) is 0 Å². The van der Waals surface area contributed by atoms with Crippen LogP contribution in [0.5, 0.6) is 0 Å². The van der Waals surface area contributed by atoms with Gasteiger partial charge in [0.2, 0.25) is 0 Å². The van der Waals surface area contributed by atoms with Crippen LogP contribution in [0.1, 0.15) is 45.4 Å². The van der Waals surface area contributed by atoms with Gasteiger partial charge in [-0.2, -0.15) is 0 Å². The van der Waals surface area contributed by atoms with Gasteiger partial charge in [-0.15, -0.1) is 0 Å². The predicted octanol–water partition coefficient (Wildman–Crippen LogP) is 1.94. The second-order valence-corrected chi connectivity index (χ2v) is 7.37. The Morgan fingerprint density at radius 3 is 2.68 bits per heavy atom. The maximum Gasteiger partial charge on any atom is 0.0223 e. The maximum absolute atomic E-state index is 3.55. The molecule has 3 aliphatic heterocycles. The van der Waals surface area contributed by atoms with E-state index in [-0.39, 0.29) is 0 Å². The molecule has 1 N–H and O–H groups in total. The molecule has 0 aromatic rings. The van der Waals surface area contributed by atoms with Crippen molar-refractivity contribution >= 4 is 0 Å². The minimum absolute atomic E-state index is 0.532. The summed E-state index contributed by atoms with van der Waals surface area (Å²) in [5.74, 6) is 0. The highest BCUT2D eigenvalue weighted by molar-refractivity contribution is 4.91. The minimum atomic E-state index is 0.532. The molecule has 0 bridgehead atoms. The van der Waals surface area contributed by atoms with E-state index in [2.05, 4.69) is 22.0 Å². The molecule has 3 heterocycles.